The highest BCUT2D eigenvalue weighted by Crippen LogP contribution is 2.34. The molecule has 0 spiro atoms. The monoisotopic (exact) mass is 264 g/mol. The lowest BCUT2D eigenvalue weighted by atomic mass is 10.2. The van der Waals surface area contributed by atoms with Gasteiger partial charge < -0.3 is 5.11 Å². The maximum absolute atomic E-state index is 10.9. The van der Waals surface area contributed by atoms with Crippen LogP contribution in [-0.4, -0.2) is 26.9 Å². The number of pyridine rings is 1. The molecule has 18 heavy (non-hydrogen) atoms. The van der Waals surface area contributed by atoms with E-state index in [0.717, 1.165) is 4.90 Å². The third kappa shape index (κ3) is 2.44. The van der Waals surface area contributed by atoms with Gasteiger partial charge in [0.2, 0.25) is 0 Å². The number of rotatable bonds is 4. The number of benzene rings is 1. The molecule has 0 radical (unpaired) electrons. The quantitative estimate of drug-likeness (QED) is 0.522. The molecule has 0 bridgehead atoms. The summed E-state index contributed by atoms with van der Waals surface area (Å²) in [7, 11) is 0. The largest absolute Gasteiger partial charge is 0.395 e. The number of non-ortho nitro benzene ring substituents is 1. The van der Waals surface area contributed by atoms with Crippen molar-refractivity contribution < 1.29 is 10.0 Å². The lowest BCUT2D eigenvalue weighted by molar-refractivity contribution is -0.383. The second-order valence-electron chi connectivity index (χ2n) is 3.85. The summed E-state index contributed by atoms with van der Waals surface area (Å²) in [5.41, 5.74) is 0.663. The molecule has 5 nitrogen and oxygen atoms in total. The van der Waals surface area contributed by atoms with Gasteiger partial charge in [0, 0.05) is 22.4 Å². The zero-order chi connectivity index (χ0) is 13.1. The van der Waals surface area contributed by atoms with Gasteiger partial charge in [-0.15, -0.1) is 11.8 Å². The number of aliphatic hydroxyl groups is 1. The number of nitro benzene ring substituents is 1. The molecule has 0 aliphatic heterocycles. The first-order chi connectivity index (χ1) is 8.63. The van der Waals surface area contributed by atoms with Crippen molar-refractivity contribution in [3.8, 4) is 0 Å². The van der Waals surface area contributed by atoms with Crippen molar-refractivity contribution in [2.75, 3.05) is 6.61 Å². The smallest absolute Gasteiger partial charge is 0.278 e. The van der Waals surface area contributed by atoms with Gasteiger partial charge in [-0.05, 0) is 18.2 Å². The Bertz CT molecular complexity index is 589. The molecule has 0 aliphatic carbocycles. The van der Waals surface area contributed by atoms with Crippen LogP contribution in [-0.2, 0) is 0 Å². The van der Waals surface area contributed by atoms with Crippen molar-refractivity contribution in [3.05, 3.63) is 40.6 Å². The van der Waals surface area contributed by atoms with E-state index in [2.05, 4.69) is 4.98 Å². The van der Waals surface area contributed by atoms with Crippen LogP contribution in [0.3, 0.4) is 0 Å². The molecule has 0 saturated heterocycles. The minimum absolute atomic E-state index is 0.0247. The summed E-state index contributed by atoms with van der Waals surface area (Å²) >= 11 is 1.46. The molecule has 1 N–H and O–H groups in total. The van der Waals surface area contributed by atoms with Crippen LogP contribution in [0.2, 0.25) is 0 Å². The SMILES string of the molecule is CC(CO)Sc1ccc([N+](=O)[O-])c2cccnc12. The number of hydrogen-bond donors (Lipinski definition) is 1. The number of aliphatic hydroxyl groups excluding tert-OH is 1. The van der Waals surface area contributed by atoms with E-state index >= 15 is 0 Å². The Morgan fingerprint density at radius 3 is 2.94 bits per heavy atom. The molecule has 6 heteroatoms. The second-order valence-corrected chi connectivity index (χ2v) is 5.33. The minimum Gasteiger partial charge on any atom is -0.395 e. The number of nitrogens with zero attached hydrogens (tertiary/aromatic N) is 2. The van der Waals surface area contributed by atoms with Crippen molar-refractivity contribution in [1.82, 2.24) is 4.98 Å². The molecular weight excluding hydrogens is 252 g/mol. The topological polar surface area (TPSA) is 76.3 Å². The molecule has 1 aromatic carbocycles. The maximum Gasteiger partial charge on any atom is 0.278 e. The third-order valence-corrected chi connectivity index (χ3v) is 3.63. The zero-order valence-corrected chi connectivity index (χ0v) is 10.6. The molecule has 1 heterocycles. The van der Waals surface area contributed by atoms with E-state index in [1.807, 2.05) is 6.92 Å². The van der Waals surface area contributed by atoms with Crippen molar-refractivity contribution in [1.29, 1.82) is 0 Å². The van der Waals surface area contributed by atoms with Crippen LogP contribution in [0.5, 0.6) is 0 Å². The molecule has 0 fully saturated rings. The average Bonchev–Trinajstić information content (AvgIpc) is 2.38. The second kappa shape index (κ2) is 5.32. The van der Waals surface area contributed by atoms with Crippen molar-refractivity contribution in [3.63, 3.8) is 0 Å². The molecule has 1 atom stereocenters. The predicted octanol–water partition coefficient (Wildman–Crippen LogP) is 2.62. The summed E-state index contributed by atoms with van der Waals surface area (Å²) in [5, 5.41) is 20.5. The Balaban J connectivity index is 2.57. The van der Waals surface area contributed by atoms with Crippen LogP contribution in [0.15, 0.2) is 35.4 Å². The standard InChI is InChI=1S/C12H12N2O3S/c1-8(7-15)18-11-5-4-10(14(16)17)9-3-2-6-13-12(9)11/h2-6,8,15H,7H2,1H3. The number of hydrogen-bond acceptors (Lipinski definition) is 5. The van der Waals surface area contributed by atoms with E-state index < -0.39 is 4.92 Å². The van der Waals surface area contributed by atoms with E-state index in [9.17, 15) is 10.1 Å². The highest BCUT2D eigenvalue weighted by molar-refractivity contribution is 8.00. The van der Waals surface area contributed by atoms with Gasteiger partial charge in [0.05, 0.1) is 22.4 Å². The molecule has 2 rings (SSSR count). The summed E-state index contributed by atoms with van der Waals surface area (Å²) < 4.78 is 0. The number of aromatic nitrogens is 1. The van der Waals surface area contributed by atoms with Crippen LogP contribution < -0.4 is 0 Å². The van der Waals surface area contributed by atoms with Gasteiger partial charge >= 0.3 is 0 Å². The van der Waals surface area contributed by atoms with E-state index in [0.29, 0.717) is 10.9 Å². The van der Waals surface area contributed by atoms with Gasteiger partial charge in [0.15, 0.2) is 0 Å². The van der Waals surface area contributed by atoms with E-state index in [-0.39, 0.29) is 17.5 Å². The van der Waals surface area contributed by atoms with Crippen LogP contribution >= 0.6 is 11.8 Å². The van der Waals surface area contributed by atoms with Gasteiger partial charge in [0.25, 0.3) is 5.69 Å². The van der Waals surface area contributed by atoms with Gasteiger partial charge in [-0.3, -0.25) is 15.1 Å². The van der Waals surface area contributed by atoms with Crippen molar-refractivity contribution >= 4 is 28.4 Å². The fourth-order valence-electron chi connectivity index (χ4n) is 1.64. The van der Waals surface area contributed by atoms with Crippen LogP contribution in [0.1, 0.15) is 6.92 Å². The van der Waals surface area contributed by atoms with Crippen LogP contribution in [0.4, 0.5) is 5.69 Å². The minimum atomic E-state index is -0.409. The molecule has 0 aliphatic rings. The first kappa shape index (κ1) is 12.8. The highest BCUT2D eigenvalue weighted by atomic mass is 32.2. The normalized spacial score (nSPS) is 12.6. The fraction of sp³-hybridized carbons (Fsp3) is 0.250. The third-order valence-electron chi connectivity index (χ3n) is 2.49. The Morgan fingerprint density at radius 1 is 1.50 bits per heavy atom. The van der Waals surface area contributed by atoms with Gasteiger partial charge in [-0.2, -0.15) is 0 Å². The van der Waals surface area contributed by atoms with Crippen LogP contribution in [0.25, 0.3) is 10.9 Å². The lowest BCUT2D eigenvalue weighted by Gasteiger charge is -2.09. The first-order valence-electron chi connectivity index (χ1n) is 5.43. The summed E-state index contributed by atoms with van der Waals surface area (Å²) in [6.45, 7) is 1.94. The Kier molecular flexibility index (Phi) is 3.78. The van der Waals surface area contributed by atoms with Gasteiger partial charge in [0.1, 0.15) is 0 Å². The molecule has 2 aromatic rings. The molecule has 1 unspecified atom stereocenters. The number of nitro groups is 1. The fourth-order valence-corrected chi connectivity index (χ4v) is 2.57. The summed E-state index contributed by atoms with van der Waals surface area (Å²) in [6.07, 6.45) is 1.61. The molecule has 0 amide bonds. The first-order valence-corrected chi connectivity index (χ1v) is 6.31. The van der Waals surface area contributed by atoms with Crippen LogP contribution in [0, 0.1) is 10.1 Å². The van der Waals surface area contributed by atoms with Gasteiger partial charge in [-0.25, -0.2) is 0 Å². The van der Waals surface area contributed by atoms with E-state index in [1.165, 1.54) is 17.8 Å². The van der Waals surface area contributed by atoms with Gasteiger partial charge in [-0.1, -0.05) is 6.92 Å². The highest BCUT2D eigenvalue weighted by Gasteiger charge is 2.16. The Hall–Kier alpha value is -1.66. The maximum atomic E-state index is 10.9. The number of fused-ring (bicyclic) bond motifs is 1. The predicted molar refractivity (Wildman–Crippen MR) is 70.8 cm³/mol. The van der Waals surface area contributed by atoms with E-state index in [4.69, 9.17) is 5.11 Å². The summed E-state index contributed by atoms with van der Waals surface area (Å²) in [4.78, 5) is 15.6. The van der Waals surface area contributed by atoms with E-state index in [1.54, 1.807) is 24.4 Å². The molecule has 94 valence electrons. The van der Waals surface area contributed by atoms with Crippen molar-refractivity contribution in [2.45, 2.75) is 17.1 Å². The Morgan fingerprint density at radius 2 is 2.28 bits per heavy atom. The average molecular weight is 264 g/mol. The Labute approximate surface area is 108 Å². The zero-order valence-electron chi connectivity index (χ0n) is 9.74. The summed E-state index contributed by atoms with van der Waals surface area (Å²) in [6, 6.07) is 6.54. The molecule has 1 aromatic heterocycles. The summed E-state index contributed by atoms with van der Waals surface area (Å²) in [5.74, 6) is 0. The lowest BCUT2D eigenvalue weighted by Crippen LogP contribution is -2.02. The number of thioether (sulfide) groups is 1. The molecular formula is C12H12N2O3S. The molecule has 0 saturated carbocycles. The van der Waals surface area contributed by atoms with Crippen molar-refractivity contribution in [2.24, 2.45) is 0 Å².